The highest BCUT2D eigenvalue weighted by Crippen LogP contribution is 2.32. The highest BCUT2D eigenvalue weighted by atomic mass is 16.1. The van der Waals surface area contributed by atoms with E-state index in [0.717, 1.165) is 25.7 Å². The summed E-state index contributed by atoms with van der Waals surface area (Å²) >= 11 is 0. The van der Waals surface area contributed by atoms with Gasteiger partial charge in [0.15, 0.2) is 0 Å². The van der Waals surface area contributed by atoms with Gasteiger partial charge in [0, 0.05) is 18.4 Å². The van der Waals surface area contributed by atoms with E-state index in [-0.39, 0.29) is 5.54 Å². The standard InChI is InChI=1S/C11H19NO/c1-2-3-4-6-10(13)9-11(12)7-5-8-11/h2H,1,3-9,12H2. The number of rotatable bonds is 6. The van der Waals surface area contributed by atoms with Gasteiger partial charge in [0.2, 0.25) is 0 Å². The first-order valence-corrected chi connectivity index (χ1v) is 5.08. The Kier molecular flexibility index (Phi) is 3.67. The van der Waals surface area contributed by atoms with Gasteiger partial charge in [0.25, 0.3) is 0 Å². The van der Waals surface area contributed by atoms with E-state index in [9.17, 15) is 4.79 Å². The molecule has 2 heteroatoms. The Labute approximate surface area is 80.2 Å². The van der Waals surface area contributed by atoms with E-state index in [0.29, 0.717) is 18.6 Å². The van der Waals surface area contributed by atoms with Crippen molar-refractivity contribution in [3.05, 3.63) is 12.7 Å². The van der Waals surface area contributed by atoms with Crippen LogP contribution in [0.3, 0.4) is 0 Å². The SMILES string of the molecule is C=CCCCC(=O)CC1(N)CCC1. The molecule has 1 rings (SSSR count). The number of carbonyl (C=O) groups is 1. The Hall–Kier alpha value is -0.630. The molecule has 0 saturated heterocycles. The van der Waals surface area contributed by atoms with E-state index < -0.39 is 0 Å². The molecule has 13 heavy (non-hydrogen) atoms. The monoisotopic (exact) mass is 181 g/mol. The molecule has 0 aromatic carbocycles. The molecule has 1 saturated carbocycles. The van der Waals surface area contributed by atoms with Crippen molar-refractivity contribution in [2.45, 2.75) is 50.5 Å². The van der Waals surface area contributed by atoms with Crippen LogP contribution in [0.5, 0.6) is 0 Å². The normalized spacial score (nSPS) is 19.2. The van der Waals surface area contributed by atoms with Crippen LogP contribution >= 0.6 is 0 Å². The Balaban J connectivity index is 2.13. The molecule has 1 aliphatic carbocycles. The fourth-order valence-corrected chi connectivity index (χ4v) is 1.73. The van der Waals surface area contributed by atoms with Crippen LogP contribution in [0.1, 0.15) is 44.9 Å². The van der Waals surface area contributed by atoms with Crippen LogP contribution in [0.15, 0.2) is 12.7 Å². The summed E-state index contributed by atoms with van der Waals surface area (Å²) in [4.78, 5) is 11.4. The average molecular weight is 181 g/mol. The molecular weight excluding hydrogens is 162 g/mol. The van der Waals surface area contributed by atoms with E-state index in [1.165, 1.54) is 6.42 Å². The van der Waals surface area contributed by atoms with Crippen molar-refractivity contribution in [2.24, 2.45) is 5.73 Å². The van der Waals surface area contributed by atoms with Crippen molar-refractivity contribution in [3.8, 4) is 0 Å². The van der Waals surface area contributed by atoms with Crippen LogP contribution in [0.4, 0.5) is 0 Å². The highest BCUT2D eigenvalue weighted by molar-refractivity contribution is 5.79. The van der Waals surface area contributed by atoms with Gasteiger partial charge >= 0.3 is 0 Å². The molecule has 1 fully saturated rings. The second kappa shape index (κ2) is 4.56. The first-order chi connectivity index (χ1) is 6.16. The molecule has 0 aromatic heterocycles. The van der Waals surface area contributed by atoms with Crippen molar-refractivity contribution in [1.29, 1.82) is 0 Å². The van der Waals surface area contributed by atoms with E-state index in [1.54, 1.807) is 0 Å². The molecule has 74 valence electrons. The molecule has 0 heterocycles. The zero-order valence-electron chi connectivity index (χ0n) is 8.22. The molecule has 0 radical (unpaired) electrons. The van der Waals surface area contributed by atoms with Crippen molar-refractivity contribution >= 4 is 5.78 Å². The Morgan fingerprint density at radius 1 is 1.54 bits per heavy atom. The predicted octanol–water partition coefficient (Wildman–Crippen LogP) is 2.18. The molecule has 0 spiro atoms. The lowest BCUT2D eigenvalue weighted by atomic mass is 9.74. The zero-order chi connectivity index (χ0) is 9.73. The van der Waals surface area contributed by atoms with Crippen LogP contribution in [-0.4, -0.2) is 11.3 Å². The zero-order valence-corrected chi connectivity index (χ0v) is 8.22. The largest absolute Gasteiger partial charge is 0.325 e. The maximum Gasteiger partial charge on any atom is 0.134 e. The quantitative estimate of drug-likeness (QED) is 0.504. The van der Waals surface area contributed by atoms with Gasteiger partial charge in [-0.25, -0.2) is 0 Å². The predicted molar refractivity (Wildman–Crippen MR) is 54.4 cm³/mol. The van der Waals surface area contributed by atoms with E-state index in [4.69, 9.17) is 5.73 Å². The third kappa shape index (κ3) is 3.31. The van der Waals surface area contributed by atoms with Crippen LogP contribution < -0.4 is 5.73 Å². The Morgan fingerprint density at radius 3 is 2.69 bits per heavy atom. The molecule has 0 atom stereocenters. The summed E-state index contributed by atoms with van der Waals surface area (Å²) < 4.78 is 0. The molecule has 0 aliphatic heterocycles. The molecule has 0 bridgehead atoms. The van der Waals surface area contributed by atoms with Crippen molar-refractivity contribution in [1.82, 2.24) is 0 Å². The maximum atomic E-state index is 11.4. The summed E-state index contributed by atoms with van der Waals surface area (Å²) in [6.45, 7) is 3.62. The number of Topliss-reactive ketones (excluding diaryl/α,β-unsaturated/α-hetero) is 1. The number of ketones is 1. The molecule has 2 nitrogen and oxygen atoms in total. The van der Waals surface area contributed by atoms with E-state index in [1.807, 2.05) is 6.08 Å². The molecular formula is C11H19NO. The number of hydrogen-bond donors (Lipinski definition) is 1. The van der Waals surface area contributed by atoms with Crippen molar-refractivity contribution < 1.29 is 4.79 Å². The maximum absolute atomic E-state index is 11.4. The minimum absolute atomic E-state index is 0.134. The minimum atomic E-state index is -0.134. The highest BCUT2D eigenvalue weighted by Gasteiger charge is 2.34. The van der Waals surface area contributed by atoms with Crippen LogP contribution in [0.25, 0.3) is 0 Å². The lowest BCUT2D eigenvalue weighted by Gasteiger charge is -2.37. The van der Waals surface area contributed by atoms with Gasteiger partial charge in [-0.2, -0.15) is 0 Å². The number of nitrogens with two attached hydrogens (primary N) is 1. The summed E-state index contributed by atoms with van der Waals surface area (Å²) in [5.74, 6) is 0.323. The lowest BCUT2D eigenvalue weighted by Crippen LogP contribution is -2.48. The second-order valence-corrected chi connectivity index (χ2v) is 4.11. The summed E-state index contributed by atoms with van der Waals surface area (Å²) in [5, 5.41) is 0. The molecule has 2 N–H and O–H groups in total. The summed E-state index contributed by atoms with van der Waals surface area (Å²) in [6.07, 6.45) is 8.22. The Morgan fingerprint density at radius 2 is 2.23 bits per heavy atom. The number of hydrogen-bond acceptors (Lipinski definition) is 2. The van der Waals surface area contributed by atoms with Gasteiger partial charge in [-0.3, -0.25) is 4.79 Å². The van der Waals surface area contributed by atoms with E-state index >= 15 is 0 Å². The van der Waals surface area contributed by atoms with Gasteiger partial charge in [0.05, 0.1) is 0 Å². The van der Waals surface area contributed by atoms with Crippen molar-refractivity contribution in [3.63, 3.8) is 0 Å². The van der Waals surface area contributed by atoms with Gasteiger partial charge in [0.1, 0.15) is 5.78 Å². The summed E-state index contributed by atoms with van der Waals surface area (Å²) in [7, 11) is 0. The van der Waals surface area contributed by atoms with Crippen LogP contribution in [-0.2, 0) is 4.79 Å². The van der Waals surface area contributed by atoms with Crippen LogP contribution in [0.2, 0.25) is 0 Å². The van der Waals surface area contributed by atoms with Gasteiger partial charge in [-0.1, -0.05) is 6.08 Å². The third-order valence-electron chi connectivity index (χ3n) is 2.76. The molecule has 0 aromatic rings. The van der Waals surface area contributed by atoms with Crippen LogP contribution in [0, 0.1) is 0 Å². The number of unbranched alkanes of at least 4 members (excludes halogenated alkanes) is 1. The first kappa shape index (κ1) is 10.5. The van der Waals surface area contributed by atoms with Gasteiger partial charge in [-0.15, -0.1) is 6.58 Å². The molecule has 0 unspecified atom stereocenters. The second-order valence-electron chi connectivity index (χ2n) is 4.11. The minimum Gasteiger partial charge on any atom is -0.325 e. The number of allylic oxidation sites excluding steroid dienone is 1. The summed E-state index contributed by atoms with van der Waals surface area (Å²) in [5.41, 5.74) is 5.83. The van der Waals surface area contributed by atoms with Crippen molar-refractivity contribution in [2.75, 3.05) is 0 Å². The van der Waals surface area contributed by atoms with Gasteiger partial charge < -0.3 is 5.73 Å². The summed E-state index contributed by atoms with van der Waals surface area (Å²) in [6, 6.07) is 0. The molecule has 1 aliphatic rings. The average Bonchev–Trinajstić information content (AvgIpc) is 2.02. The number of carbonyl (C=O) groups excluding carboxylic acids is 1. The lowest BCUT2D eigenvalue weighted by molar-refractivity contribution is -0.121. The fraction of sp³-hybridized carbons (Fsp3) is 0.727. The topological polar surface area (TPSA) is 43.1 Å². The Bertz CT molecular complexity index is 194. The fourth-order valence-electron chi connectivity index (χ4n) is 1.73. The smallest absolute Gasteiger partial charge is 0.134 e. The van der Waals surface area contributed by atoms with Gasteiger partial charge in [-0.05, 0) is 32.1 Å². The molecule has 0 amide bonds. The third-order valence-corrected chi connectivity index (χ3v) is 2.76. The first-order valence-electron chi connectivity index (χ1n) is 5.08. The van der Waals surface area contributed by atoms with E-state index in [2.05, 4.69) is 6.58 Å².